The van der Waals surface area contributed by atoms with Crippen molar-refractivity contribution >= 4 is 23.6 Å². The van der Waals surface area contributed by atoms with Crippen molar-refractivity contribution in [3.63, 3.8) is 0 Å². The second-order valence-corrected chi connectivity index (χ2v) is 3.79. The van der Waals surface area contributed by atoms with Crippen molar-refractivity contribution in [2.45, 2.75) is 6.42 Å². The SMILES string of the molecule is O=C(O)C(=O)CCN1C(=O)c2ccccc2C1=O. The molecule has 0 spiro atoms. The summed E-state index contributed by atoms with van der Waals surface area (Å²) in [6.45, 7) is -0.211. The summed E-state index contributed by atoms with van der Waals surface area (Å²) in [6.07, 6.45) is -0.374. The first kappa shape index (κ1) is 12.0. The lowest BCUT2D eigenvalue weighted by atomic mass is 10.1. The van der Waals surface area contributed by atoms with E-state index in [1.807, 2.05) is 0 Å². The Kier molecular flexibility index (Phi) is 2.93. The Bertz CT molecular complexity index is 528. The summed E-state index contributed by atoms with van der Waals surface area (Å²) >= 11 is 0. The minimum atomic E-state index is -1.56. The summed E-state index contributed by atoms with van der Waals surface area (Å²) in [7, 11) is 0. The molecule has 2 amide bonds. The Morgan fingerprint density at radius 1 is 1.06 bits per heavy atom. The number of carbonyl (C=O) groups is 4. The molecule has 0 saturated carbocycles. The molecule has 1 aromatic rings. The lowest BCUT2D eigenvalue weighted by molar-refractivity contribution is -0.149. The third-order valence-corrected chi connectivity index (χ3v) is 2.68. The van der Waals surface area contributed by atoms with Gasteiger partial charge in [-0.25, -0.2) is 4.79 Å². The van der Waals surface area contributed by atoms with Gasteiger partial charge in [0.25, 0.3) is 11.8 Å². The van der Waals surface area contributed by atoms with Crippen LogP contribution in [0.5, 0.6) is 0 Å². The van der Waals surface area contributed by atoms with Crippen LogP contribution in [0.4, 0.5) is 0 Å². The number of ketones is 1. The van der Waals surface area contributed by atoms with Gasteiger partial charge in [0.1, 0.15) is 0 Å². The summed E-state index contributed by atoms with van der Waals surface area (Å²) in [4.78, 5) is 45.9. The van der Waals surface area contributed by atoms with Crippen LogP contribution in [-0.2, 0) is 9.59 Å². The average Bonchev–Trinajstić information content (AvgIpc) is 2.60. The first-order chi connectivity index (χ1) is 8.52. The van der Waals surface area contributed by atoms with E-state index in [4.69, 9.17) is 5.11 Å². The fourth-order valence-corrected chi connectivity index (χ4v) is 1.76. The molecule has 1 aliphatic rings. The van der Waals surface area contributed by atoms with Gasteiger partial charge in [-0.3, -0.25) is 19.3 Å². The van der Waals surface area contributed by atoms with Crippen LogP contribution < -0.4 is 0 Å². The van der Waals surface area contributed by atoms with Gasteiger partial charge in [0, 0.05) is 13.0 Å². The number of imide groups is 1. The summed E-state index contributed by atoms with van der Waals surface area (Å²) in [5, 5.41) is 8.42. The van der Waals surface area contributed by atoms with Crippen molar-refractivity contribution in [2.24, 2.45) is 0 Å². The molecular formula is C12H9NO5. The summed E-state index contributed by atoms with van der Waals surface area (Å²) in [5.74, 6) is -3.57. The number of carbonyl (C=O) groups excluding carboxylic acids is 3. The Balaban J connectivity index is 2.14. The molecule has 0 bridgehead atoms. The Morgan fingerprint density at radius 3 is 2.00 bits per heavy atom. The molecule has 0 saturated heterocycles. The van der Waals surface area contributed by atoms with E-state index in [0.29, 0.717) is 0 Å². The average molecular weight is 247 g/mol. The van der Waals surface area contributed by atoms with Gasteiger partial charge in [-0.15, -0.1) is 0 Å². The topological polar surface area (TPSA) is 91.8 Å². The van der Waals surface area contributed by atoms with Crippen LogP contribution in [0, 0.1) is 0 Å². The van der Waals surface area contributed by atoms with Crippen LogP contribution in [0.1, 0.15) is 27.1 Å². The normalized spacial score (nSPS) is 13.7. The minimum Gasteiger partial charge on any atom is -0.476 e. The highest BCUT2D eigenvalue weighted by molar-refractivity contribution is 6.32. The highest BCUT2D eigenvalue weighted by atomic mass is 16.4. The zero-order valence-corrected chi connectivity index (χ0v) is 9.25. The maximum atomic E-state index is 11.8. The summed E-state index contributed by atoms with van der Waals surface area (Å²) in [6, 6.07) is 6.31. The van der Waals surface area contributed by atoms with Gasteiger partial charge in [-0.2, -0.15) is 0 Å². The molecule has 92 valence electrons. The molecule has 18 heavy (non-hydrogen) atoms. The molecule has 0 fully saturated rings. The third kappa shape index (κ3) is 1.88. The lowest BCUT2D eigenvalue weighted by Crippen LogP contribution is -2.32. The van der Waals surface area contributed by atoms with Gasteiger partial charge in [0.15, 0.2) is 0 Å². The number of hydrogen-bond donors (Lipinski definition) is 1. The number of benzene rings is 1. The minimum absolute atomic E-state index is 0.211. The summed E-state index contributed by atoms with van der Waals surface area (Å²) < 4.78 is 0. The van der Waals surface area contributed by atoms with Gasteiger partial charge in [-0.05, 0) is 12.1 Å². The zero-order chi connectivity index (χ0) is 13.3. The number of Topliss-reactive ketones (excluding diaryl/α,β-unsaturated/α-hetero) is 1. The van der Waals surface area contributed by atoms with Gasteiger partial charge >= 0.3 is 5.97 Å². The van der Waals surface area contributed by atoms with Gasteiger partial charge in [0.05, 0.1) is 11.1 Å². The quantitative estimate of drug-likeness (QED) is 0.611. The predicted octanol–water partition coefficient (Wildman–Crippen LogP) is 0.326. The molecule has 0 unspecified atom stereocenters. The molecule has 0 radical (unpaired) electrons. The van der Waals surface area contributed by atoms with Crippen molar-refractivity contribution in [3.05, 3.63) is 35.4 Å². The highest BCUT2D eigenvalue weighted by Gasteiger charge is 2.35. The molecule has 1 aromatic carbocycles. The van der Waals surface area contributed by atoms with Crippen LogP contribution >= 0.6 is 0 Å². The van der Waals surface area contributed by atoms with Crippen molar-refractivity contribution in [1.29, 1.82) is 0 Å². The van der Waals surface area contributed by atoms with E-state index in [2.05, 4.69) is 0 Å². The second-order valence-electron chi connectivity index (χ2n) is 3.79. The van der Waals surface area contributed by atoms with E-state index in [9.17, 15) is 19.2 Å². The van der Waals surface area contributed by atoms with E-state index < -0.39 is 23.6 Å². The lowest BCUT2D eigenvalue weighted by Gasteiger charge is -2.11. The van der Waals surface area contributed by atoms with Crippen LogP contribution in [-0.4, -0.2) is 40.1 Å². The fourth-order valence-electron chi connectivity index (χ4n) is 1.76. The maximum absolute atomic E-state index is 11.8. The van der Waals surface area contributed by atoms with Crippen LogP contribution in [0.15, 0.2) is 24.3 Å². The molecule has 2 rings (SSSR count). The molecule has 0 aliphatic carbocycles. The number of nitrogens with zero attached hydrogens (tertiary/aromatic N) is 1. The first-order valence-corrected chi connectivity index (χ1v) is 5.23. The van der Waals surface area contributed by atoms with Crippen LogP contribution in [0.2, 0.25) is 0 Å². The molecule has 0 atom stereocenters. The second kappa shape index (κ2) is 4.40. The Hall–Kier alpha value is -2.50. The molecule has 1 heterocycles. The predicted molar refractivity (Wildman–Crippen MR) is 59.1 cm³/mol. The molecule has 0 aromatic heterocycles. The number of amides is 2. The van der Waals surface area contributed by atoms with E-state index in [-0.39, 0.29) is 24.1 Å². The van der Waals surface area contributed by atoms with Crippen molar-refractivity contribution in [2.75, 3.05) is 6.54 Å². The smallest absolute Gasteiger partial charge is 0.372 e. The van der Waals surface area contributed by atoms with E-state index in [1.165, 1.54) is 12.1 Å². The number of rotatable bonds is 4. The van der Waals surface area contributed by atoms with Crippen molar-refractivity contribution in [3.8, 4) is 0 Å². The van der Waals surface area contributed by atoms with E-state index in [1.54, 1.807) is 12.1 Å². The number of hydrogen-bond acceptors (Lipinski definition) is 4. The number of carboxylic acid groups (broad SMARTS) is 1. The van der Waals surface area contributed by atoms with Gasteiger partial charge in [0.2, 0.25) is 5.78 Å². The van der Waals surface area contributed by atoms with Crippen LogP contribution in [0.3, 0.4) is 0 Å². The first-order valence-electron chi connectivity index (χ1n) is 5.23. The highest BCUT2D eigenvalue weighted by Crippen LogP contribution is 2.22. The van der Waals surface area contributed by atoms with Gasteiger partial charge < -0.3 is 5.11 Å². The van der Waals surface area contributed by atoms with Crippen molar-refractivity contribution in [1.82, 2.24) is 4.90 Å². The molecular weight excluding hydrogens is 238 g/mol. The largest absolute Gasteiger partial charge is 0.476 e. The van der Waals surface area contributed by atoms with Crippen LogP contribution in [0.25, 0.3) is 0 Å². The molecule has 1 aliphatic heterocycles. The van der Waals surface area contributed by atoms with Gasteiger partial charge in [-0.1, -0.05) is 12.1 Å². The number of aliphatic carboxylic acids is 1. The molecule has 1 N–H and O–H groups in total. The number of carboxylic acids is 1. The van der Waals surface area contributed by atoms with Crippen molar-refractivity contribution < 1.29 is 24.3 Å². The third-order valence-electron chi connectivity index (χ3n) is 2.68. The number of fused-ring (bicyclic) bond motifs is 1. The Labute approximate surface area is 102 Å². The monoisotopic (exact) mass is 247 g/mol. The summed E-state index contributed by atoms with van der Waals surface area (Å²) in [5.41, 5.74) is 0.565. The van der Waals surface area contributed by atoms with E-state index >= 15 is 0 Å². The molecule has 6 nitrogen and oxygen atoms in total. The Morgan fingerprint density at radius 2 is 1.56 bits per heavy atom. The molecule has 6 heteroatoms. The maximum Gasteiger partial charge on any atom is 0.372 e. The standard InChI is InChI=1S/C12H9NO5/c14-9(12(17)18)5-6-13-10(15)7-3-1-2-4-8(7)11(13)16/h1-4H,5-6H2,(H,17,18). The zero-order valence-electron chi connectivity index (χ0n) is 9.25. The fraction of sp³-hybridized carbons (Fsp3) is 0.167. The van der Waals surface area contributed by atoms with E-state index in [0.717, 1.165) is 4.90 Å².